The number of carbonyl (C=O) groups excluding carboxylic acids is 3. The van der Waals surface area contributed by atoms with E-state index in [4.69, 9.17) is 16.3 Å². The maximum atomic E-state index is 14.1. The standard InChI is InChI=1S/C24H21ClN4O6/c1-11-8-12(25)9-14-20(11)26-23(32)24(14)19-18(16-4-3-7-27(16)24)21(30)28(22(19)31)15-6-5-13(29(33)34)10-17(15)35-2/h5-6,8-10,16,18-19H,3-4,7H2,1-2H3,(H,26,32). The Labute approximate surface area is 204 Å². The number of nitro benzene ring substituents is 1. The number of nitrogens with one attached hydrogen (secondary N) is 1. The summed E-state index contributed by atoms with van der Waals surface area (Å²) < 4.78 is 5.32. The van der Waals surface area contributed by atoms with E-state index in [2.05, 4.69) is 5.32 Å². The summed E-state index contributed by atoms with van der Waals surface area (Å²) in [4.78, 5) is 55.4. The highest BCUT2D eigenvalue weighted by atomic mass is 35.5. The van der Waals surface area contributed by atoms with E-state index in [1.807, 2.05) is 11.8 Å². The van der Waals surface area contributed by atoms with E-state index in [1.54, 1.807) is 12.1 Å². The van der Waals surface area contributed by atoms with Crippen LogP contribution in [0.15, 0.2) is 30.3 Å². The number of benzene rings is 2. The Morgan fingerprint density at radius 2 is 1.97 bits per heavy atom. The van der Waals surface area contributed by atoms with Crippen LogP contribution in [0.2, 0.25) is 5.02 Å². The number of nitro groups is 1. The number of amides is 3. The summed E-state index contributed by atoms with van der Waals surface area (Å²) in [6.45, 7) is 2.42. The first-order valence-corrected chi connectivity index (χ1v) is 11.7. The zero-order valence-electron chi connectivity index (χ0n) is 18.9. The zero-order chi connectivity index (χ0) is 24.8. The molecule has 3 amide bonds. The van der Waals surface area contributed by atoms with Crippen molar-refractivity contribution in [2.24, 2.45) is 11.8 Å². The minimum absolute atomic E-state index is 0.0355. The number of non-ortho nitro benzene ring substituents is 1. The van der Waals surface area contributed by atoms with Crippen LogP contribution in [0.3, 0.4) is 0 Å². The highest BCUT2D eigenvalue weighted by Gasteiger charge is 2.75. The van der Waals surface area contributed by atoms with Crippen LogP contribution in [0.1, 0.15) is 24.0 Å². The Morgan fingerprint density at radius 3 is 2.69 bits per heavy atom. The van der Waals surface area contributed by atoms with E-state index in [0.29, 0.717) is 29.2 Å². The Balaban J connectivity index is 1.55. The third-order valence-corrected chi connectivity index (χ3v) is 8.10. The molecular formula is C24H21ClN4O6. The quantitative estimate of drug-likeness (QED) is 0.393. The van der Waals surface area contributed by atoms with Crippen molar-refractivity contribution in [2.45, 2.75) is 31.3 Å². The lowest BCUT2D eigenvalue weighted by molar-refractivity contribution is -0.384. The van der Waals surface area contributed by atoms with Gasteiger partial charge in [-0.2, -0.15) is 0 Å². The average molecular weight is 497 g/mol. The van der Waals surface area contributed by atoms with Crippen molar-refractivity contribution in [3.05, 3.63) is 56.6 Å². The maximum Gasteiger partial charge on any atom is 0.273 e. The van der Waals surface area contributed by atoms with Crippen LogP contribution < -0.4 is 15.0 Å². The fourth-order valence-electron chi connectivity index (χ4n) is 6.64. The topological polar surface area (TPSA) is 122 Å². The number of ether oxygens (including phenoxy) is 1. The van der Waals surface area contributed by atoms with Crippen LogP contribution in [0, 0.1) is 28.9 Å². The predicted octanol–water partition coefficient (Wildman–Crippen LogP) is 3.00. The van der Waals surface area contributed by atoms with Gasteiger partial charge in [0.1, 0.15) is 11.3 Å². The summed E-state index contributed by atoms with van der Waals surface area (Å²) >= 11 is 6.40. The van der Waals surface area contributed by atoms with E-state index in [-0.39, 0.29) is 29.1 Å². The van der Waals surface area contributed by atoms with E-state index >= 15 is 0 Å². The normalized spacial score (nSPS) is 28.9. The Hall–Kier alpha value is -3.50. The minimum atomic E-state index is -1.35. The fourth-order valence-corrected chi connectivity index (χ4v) is 6.91. The van der Waals surface area contributed by atoms with Crippen molar-refractivity contribution in [2.75, 3.05) is 23.9 Å². The molecule has 6 rings (SSSR count). The molecule has 4 unspecified atom stereocenters. The number of methoxy groups -OCH3 is 1. The highest BCUT2D eigenvalue weighted by molar-refractivity contribution is 6.31. The molecule has 0 radical (unpaired) electrons. The zero-order valence-corrected chi connectivity index (χ0v) is 19.7. The van der Waals surface area contributed by atoms with Gasteiger partial charge in [0.2, 0.25) is 17.7 Å². The number of hydrogen-bond donors (Lipinski definition) is 1. The SMILES string of the molecule is COc1cc([N+](=O)[O-])ccc1N1C(=O)C2C3CCCN3C3(C(=O)Nc4c(C)cc(Cl)cc43)C2C1=O. The third-order valence-electron chi connectivity index (χ3n) is 7.88. The molecule has 2 aromatic carbocycles. The van der Waals surface area contributed by atoms with Gasteiger partial charge in [-0.15, -0.1) is 0 Å². The number of fused-ring (bicyclic) bond motifs is 7. The van der Waals surface area contributed by atoms with Crippen LogP contribution in [0.25, 0.3) is 0 Å². The number of rotatable bonds is 3. The second-order valence-electron chi connectivity index (χ2n) is 9.40. The number of imide groups is 1. The Morgan fingerprint density at radius 1 is 1.20 bits per heavy atom. The molecule has 2 aromatic rings. The molecule has 11 heteroatoms. The lowest BCUT2D eigenvalue weighted by atomic mass is 9.75. The van der Waals surface area contributed by atoms with Crippen LogP contribution in [0.4, 0.5) is 17.1 Å². The predicted molar refractivity (Wildman–Crippen MR) is 125 cm³/mol. The van der Waals surface area contributed by atoms with Gasteiger partial charge in [0.05, 0.1) is 35.6 Å². The summed E-state index contributed by atoms with van der Waals surface area (Å²) in [7, 11) is 1.32. The molecule has 180 valence electrons. The molecule has 4 heterocycles. The number of nitrogens with zero attached hydrogens (tertiary/aromatic N) is 3. The van der Waals surface area contributed by atoms with Crippen molar-refractivity contribution in [3.8, 4) is 5.75 Å². The average Bonchev–Trinajstić information content (AvgIpc) is 3.52. The third kappa shape index (κ3) is 2.61. The van der Waals surface area contributed by atoms with Gasteiger partial charge in [-0.3, -0.25) is 29.4 Å². The largest absolute Gasteiger partial charge is 0.494 e. The Kier molecular flexibility index (Phi) is 4.56. The maximum absolute atomic E-state index is 14.1. The number of anilines is 2. The van der Waals surface area contributed by atoms with Gasteiger partial charge in [0.25, 0.3) is 5.69 Å². The fraction of sp³-hybridized carbons (Fsp3) is 0.375. The van der Waals surface area contributed by atoms with Gasteiger partial charge in [-0.25, -0.2) is 4.90 Å². The summed E-state index contributed by atoms with van der Waals surface area (Å²) in [6.07, 6.45) is 1.47. The summed E-state index contributed by atoms with van der Waals surface area (Å²) in [5.74, 6) is -2.95. The van der Waals surface area contributed by atoms with E-state index in [9.17, 15) is 24.5 Å². The first-order chi connectivity index (χ1) is 16.7. The lowest BCUT2D eigenvalue weighted by Gasteiger charge is -2.36. The number of hydrogen-bond acceptors (Lipinski definition) is 7. The van der Waals surface area contributed by atoms with Crippen LogP contribution in [0.5, 0.6) is 5.75 Å². The van der Waals surface area contributed by atoms with Gasteiger partial charge in [-0.1, -0.05) is 11.6 Å². The van der Waals surface area contributed by atoms with Crippen LogP contribution in [-0.4, -0.2) is 47.2 Å². The monoisotopic (exact) mass is 496 g/mol. The van der Waals surface area contributed by atoms with Crippen molar-refractivity contribution < 1.29 is 24.0 Å². The molecule has 4 aliphatic heterocycles. The van der Waals surface area contributed by atoms with Crippen molar-refractivity contribution in [1.82, 2.24) is 4.90 Å². The second kappa shape index (κ2) is 7.25. The number of halogens is 1. The molecule has 1 N–H and O–H groups in total. The van der Waals surface area contributed by atoms with E-state index in [0.717, 1.165) is 16.9 Å². The molecule has 10 nitrogen and oxygen atoms in total. The van der Waals surface area contributed by atoms with Gasteiger partial charge in [0, 0.05) is 28.4 Å². The van der Waals surface area contributed by atoms with E-state index < -0.39 is 34.1 Å². The van der Waals surface area contributed by atoms with Crippen molar-refractivity contribution in [3.63, 3.8) is 0 Å². The molecule has 0 aliphatic carbocycles. The summed E-state index contributed by atoms with van der Waals surface area (Å²) in [6, 6.07) is 6.93. The number of aryl methyl sites for hydroxylation is 1. The highest BCUT2D eigenvalue weighted by Crippen LogP contribution is 2.61. The van der Waals surface area contributed by atoms with E-state index in [1.165, 1.54) is 25.3 Å². The van der Waals surface area contributed by atoms with Crippen LogP contribution >= 0.6 is 11.6 Å². The molecule has 3 saturated heterocycles. The van der Waals surface area contributed by atoms with Crippen molar-refractivity contribution in [1.29, 1.82) is 0 Å². The van der Waals surface area contributed by atoms with Gasteiger partial charge >= 0.3 is 0 Å². The summed E-state index contributed by atoms with van der Waals surface area (Å²) in [5, 5.41) is 14.6. The smallest absolute Gasteiger partial charge is 0.273 e. The summed E-state index contributed by atoms with van der Waals surface area (Å²) in [5.41, 5.74) is 0.567. The minimum Gasteiger partial charge on any atom is -0.494 e. The van der Waals surface area contributed by atoms with Gasteiger partial charge in [-0.05, 0) is 50.1 Å². The molecule has 3 fully saturated rings. The second-order valence-corrected chi connectivity index (χ2v) is 9.83. The molecule has 4 atom stereocenters. The molecule has 4 aliphatic rings. The molecule has 0 saturated carbocycles. The first kappa shape index (κ1) is 22.0. The Bertz CT molecular complexity index is 1360. The molecule has 0 bridgehead atoms. The van der Waals surface area contributed by atoms with Crippen LogP contribution in [-0.2, 0) is 19.9 Å². The molecule has 0 aromatic heterocycles. The molecule has 1 spiro atoms. The molecule has 35 heavy (non-hydrogen) atoms. The van der Waals surface area contributed by atoms with Crippen molar-refractivity contribution >= 4 is 46.4 Å². The number of carbonyl (C=O) groups is 3. The first-order valence-electron chi connectivity index (χ1n) is 11.3. The van der Waals surface area contributed by atoms with Gasteiger partial charge < -0.3 is 10.1 Å². The molecular weight excluding hydrogens is 476 g/mol. The van der Waals surface area contributed by atoms with Gasteiger partial charge in [0.15, 0.2) is 0 Å². The lowest BCUT2D eigenvalue weighted by Crippen LogP contribution is -2.54.